The summed E-state index contributed by atoms with van der Waals surface area (Å²) in [6.45, 7) is 1.81. The molecule has 0 unspecified atom stereocenters. The van der Waals surface area contributed by atoms with Gasteiger partial charge in [-0.25, -0.2) is 4.79 Å². The summed E-state index contributed by atoms with van der Waals surface area (Å²) in [6.07, 6.45) is 7.48. The number of hydrogen-bond donors (Lipinski definition) is 1. The van der Waals surface area contributed by atoms with Crippen molar-refractivity contribution in [3.8, 4) is 11.1 Å². The summed E-state index contributed by atoms with van der Waals surface area (Å²) in [5, 5.41) is 13.5. The van der Waals surface area contributed by atoms with E-state index >= 15 is 0 Å². The molecule has 1 N–H and O–H groups in total. The van der Waals surface area contributed by atoms with Crippen LogP contribution >= 0.6 is 0 Å². The van der Waals surface area contributed by atoms with Gasteiger partial charge in [-0.3, -0.25) is 4.68 Å². The average molecular weight is 256 g/mol. The largest absolute Gasteiger partial charge is 0.478 e. The number of carboxylic acid groups (broad SMARTS) is 1. The molecule has 4 heteroatoms. The van der Waals surface area contributed by atoms with Gasteiger partial charge in [0.25, 0.3) is 0 Å². The second-order valence-electron chi connectivity index (χ2n) is 5.13. The molecule has 1 aliphatic rings. The number of aromatic nitrogens is 2. The predicted octanol–water partition coefficient (Wildman–Crippen LogP) is 3.28. The van der Waals surface area contributed by atoms with Gasteiger partial charge < -0.3 is 5.11 Å². The zero-order chi connectivity index (χ0) is 13.4. The van der Waals surface area contributed by atoms with Crippen molar-refractivity contribution < 1.29 is 9.90 Å². The highest BCUT2D eigenvalue weighted by atomic mass is 16.4. The lowest BCUT2D eigenvalue weighted by molar-refractivity contribution is 0.0696. The molecule has 1 heterocycles. The van der Waals surface area contributed by atoms with Gasteiger partial charge in [0.1, 0.15) is 0 Å². The molecule has 1 aliphatic carbocycles. The Balaban J connectivity index is 1.95. The van der Waals surface area contributed by atoms with Crippen molar-refractivity contribution in [1.82, 2.24) is 9.78 Å². The summed E-state index contributed by atoms with van der Waals surface area (Å²) in [4.78, 5) is 11.2. The molecule has 98 valence electrons. The van der Waals surface area contributed by atoms with Crippen molar-refractivity contribution >= 4 is 5.97 Å². The maximum atomic E-state index is 11.2. The Kier molecular flexibility index (Phi) is 2.85. The minimum absolute atomic E-state index is 0.355. The first-order valence-electron chi connectivity index (χ1n) is 6.53. The fourth-order valence-corrected chi connectivity index (χ4v) is 2.37. The molecule has 1 aromatic carbocycles. The van der Waals surface area contributed by atoms with E-state index in [0.29, 0.717) is 11.6 Å². The molecule has 0 atom stereocenters. The Bertz CT molecular complexity index is 627. The van der Waals surface area contributed by atoms with Gasteiger partial charge in [0.05, 0.1) is 17.8 Å². The smallest absolute Gasteiger partial charge is 0.335 e. The second kappa shape index (κ2) is 4.53. The molecule has 0 bridgehead atoms. The third-order valence-electron chi connectivity index (χ3n) is 3.85. The maximum Gasteiger partial charge on any atom is 0.335 e. The van der Waals surface area contributed by atoms with E-state index in [1.54, 1.807) is 6.07 Å². The van der Waals surface area contributed by atoms with Gasteiger partial charge in [0, 0.05) is 11.8 Å². The van der Waals surface area contributed by atoms with Crippen LogP contribution in [0, 0.1) is 6.92 Å². The van der Waals surface area contributed by atoms with Crippen molar-refractivity contribution in [2.75, 3.05) is 0 Å². The van der Waals surface area contributed by atoms with Crippen molar-refractivity contribution in [1.29, 1.82) is 0 Å². The normalized spacial score (nSPS) is 15.2. The molecular formula is C15H16N2O2. The Morgan fingerprint density at radius 3 is 2.79 bits per heavy atom. The number of nitrogens with zero attached hydrogens (tertiary/aromatic N) is 2. The van der Waals surface area contributed by atoms with E-state index in [2.05, 4.69) is 5.10 Å². The van der Waals surface area contributed by atoms with Crippen molar-refractivity contribution in [3.63, 3.8) is 0 Å². The minimum Gasteiger partial charge on any atom is -0.478 e. The van der Waals surface area contributed by atoms with Crippen LogP contribution < -0.4 is 0 Å². The highest BCUT2D eigenvalue weighted by Gasteiger charge is 2.20. The van der Waals surface area contributed by atoms with Crippen LogP contribution in [0.1, 0.15) is 41.2 Å². The third kappa shape index (κ3) is 2.14. The molecule has 0 amide bonds. The first-order chi connectivity index (χ1) is 9.15. The van der Waals surface area contributed by atoms with Crippen LogP contribution in [0.15, 0.2) is 30.6 Å². The van der Waals surface area contributed by atoms with E-state index in [-0.39, 0.29) is 0 Å². The lowest BCUT2D eigenvalue weighted by atomic mass is 9.93. The van der Waals surface area contributed by atoms with E-state index in [9.17, 15) is 4.79 Å². The Morgan fingerprint density at radius 1 is 1.37 bits per heavy atom. The van der Waals surface area contributed by atoms with E-state index in [1.807, 2.05) is 36.1 Å². The standard InChI is InChI=1S/C15H16N2O2/c1-10-5-6-11(7-14(10)15(18)19)12-8-16-17(9-12)13-3-2-4-13/h5-9,13H,2-4H2,1H3,(H,18,19). The molecular weight excluding hydrogens is 240 g/mol. The van der Waals surface area contributed by atoms with Crippen LogP contribution in [0.3, 0.4) is 0 Å². The number of carboxylic acids is 1. The van der Waals surface area contributed by atoms with Gasteiger partial charge in [-0.1, -0.05) is 12.1 Å². The molecule has 0 aliphatic heterocycles. The number of benzene rings is 1. The first-order valence-corrected chi connectivity index (χ1v) is 6.53. The van der Waals surface area contributed by atoms with Crippen molar-refractivity contribution in [2.24, 2.45) is 0 Å². The topological polar surface area (TPSA) is 55.1 Å². The molecule has 2 aromatic rings. The fraction of sp³-hybridized carbons (Fsp3) is 0.333. The Labute approximate surface area is 111 Å². The van der Waals surface area contributed by atoms with E-state index in [0.717, 1.165) is 16.7 Å². The SMILES string of the molecule is Cc1ccc(-c2cnn(C3CCC3)c2)cc1C(=O)O. The van der Waals surface area contributed by atoms with Gasteiger partial charge >= 0.3 is 5.97 Å². The summed E-state index contributed by atoms with van der Waals surface area (Å²) >= 11 is 0. The van der Waals surface area contributed by atoms with Crippen LogP contribution in [0.5, 0.6) is 0 Å². The maximum absolute atomic E-state index is 11.2. The van der Waals surface area contributed by atoms with Gasteiger partial charge in [0.2, 0.25) is 0 Å². The van der Waals surface area contributed by atoms with Gasteiger partial charge in [-0.05, 0) is 43.4 Å². The number of hydrogen-bond acceptors (Lipinski definition) is 2. The van der Waals surface area contributed by atoms with Crippen molar-refractivity contribution in [2.45, 2.75) is 32.2 Å². The summed E-state index contributed by atoms with van der Waals surface area (Å²) in [5.74, 6) is -0.884. The van der Waals surface area contributed by atoms with E-state index < -0.39 is 5.97 Å². The third-order valence-corrected chi connectivity index (χ3v) is 3.85. The highest BCUT2D eigenvalue weighted by molar-refractivity contribution is 5.91. The zero-order valence-corrected chi connectivity index (χ0v) is 10.8. The quantitative estimate of drug-likeness (QED) is 0.916. The van der Waals surface area contributed by atoms with Crippen LogP contribution in [0.2, 0.25) is 0 Å². The lowest BCUT2D eigenvalue weighted by Crippen LogP contribution is -2.16. The molecule has 0 spiro atoms. The predicted molar refractivity (Wildman–Crippen MR) is 72.2 cm³/mol. The van der Waals surface area contributed by atoms with Gasteiger partial charge in [-0.15, -0.1) is 0 Å². The van der Waals surface area contributed by atoms with Gasteiger partial charge in [-0.2, -0.15) is 5.10 Å². The van der Waals surface area contributed by atoms with Crippen molar-refractivity contribution in [3.05, 3.63) is 41.7 Å². The minimum atomic E-state index is -0.884. The summed E-state index contributed by atoms with van der Waals surface area (Å²) < 4.78 is 2.00. The average Bonchev–Trinajstić information content (AvgIpc) is 2.76. The van der Waals surface area contributed by atoms with Crippen LogP contribution in [-0.4, -0.2) is 20.9 Å². The van der Waals surface area contributed by atoms with Crippen LogP contribution in [-0.2, 0) is 0 Å². The molecule has 3 rings (SSSR count). The number of carbonyl (C=O) groups is 1. The monoisotopic (exact) mass is 256 g/mol. The summed E-state index contributed by atoms with van der Waals surface area (Å²) in [7, 11) is 0. The molecule has 1 fully saturated rings. The van der Waals surface area contributed by atoms with Crippen LogP contribution in [0.4, 0.5) is 0 Å². The first kappa shape index (κ1) is 12.0. The Morgan fingerprint density at radius 2 is 2.16 bits per heavy atom. The number of aromatic carboxylic acids is 1. The number of rotatable bonds is 3. The van der Waals surface area contributed by atoms with E-state index in [4.69, 9.17) is 5.11 Å². The fourth-order valence-electron chi connectivity index (χ4n) is 2.37. The highest BCUT2D eigenvalue weighted by Crippen LogP contribution is 2.32. The summed E-state index contributed by atoms with van der Waals surface area (Å²) in [5.41, 5.74) is 3.03. The van der Waals surface area contributed by atoms with E-state index in [1.165, 1.54) is 19.3 Å². The van der Waals surface area contributed by atoms with Crippen LogP contribution in [0.25, 0.3) is 11.1 Å². The Hall–Kier alpha value is -2.10. The molecule has 19 heavy (non-hydrogen) atoms. The molecule has 1 aromatic heterocycles. The lowest BCUT2D eigenvalue weighted by Gasteiger charge is -2.25. The molecule has 0 radical (unpaired) electrons. The molecule has 0 saturated heterocycles. The van der Waals surface area contributed by atoms with Gasteiger partial charge in [0.15, 0.2) is 0 Å². The summed E-state index contributed by atoms with van der Waals surface area (Å²) in [6, 6.07) is 6.04. The second-order valence-corrected chi connectivity index (χ2v) is 5.13. The zero-order valence-electron chi connectivity index (χ0n) is 10.8. The number of aryl methyl sites for hydroxylation is 1. The molecule has 4 nitrogen and oxygen atoms in total. The molecule has 1 saturated carbocycles.